The van der Waals surface area contributed by atoms with Gasteiger partial charge in [0.15, 0.2) is 5.78 Å². The van der Waals surface area contributed by atoms with Crippen LogP contribution in [0, 0.1) is 6.92 Å². The highest BCUT2D eigenvalue weighted by Crippen LogP contribution is 2.36. The molecule has 0 amide bonds. The lowest BCUT2D eigenvalue weighted by molar-refractivity contribution is 0.103. The summed E-state index contributed by atoms with van der Waals surface area (Å²) < 4.78 is 11.5. The van der Waals surface area contributed by atoms with Crippen LogP contribution in [-0.4, -0.2) is 12.9 Å². The topological polar surface area (TPSA) is 38.8 Å². The van der Waals surface area contributed by atoms with Gasteiger partial charge in [-0.3, -0.25) is 4.79 Å². The molecule has 0 spiro atoms. The van der Waals surface area contributed by atoms with Crippen molar-refractivity contribution in [3.8, 4) is 17.2 Å². The smallest absolute Gasteiger partial charge is 0.193 e. The lowest BCUT2D eigenvalue weighted by Gasteiger charge is -2.26. The molecule has 0 aliphatic rings. The highest BCUT2D eigenvalue weighted by molar-refractivity contribution is 6.09. The minimum absolute atomic E-state index is 0.00324. The first kappa shape index (κ1) is 25.8. The summed E-state index contributed by atoms with van der Waals surface area (Å²) >= 11 is 0. The second kappa shape index (κ2) is 11.7. The summed E-state index contributed by atoms with van der Waals surface area (Å²) in [4.78, 5) is 15.0. The van der Waals surface area contributed by atoms with E-state index in [0.717, 1.165) is 34.8 Å². The standard InChI is InChI=1S/C35H31NO3/c1-4-26-7-13-29(14-8-26)36(30-15-21-32(38-3)22-16-30)31-17-23-34(24-18-31)39-33-19-11-28(12-20-33)35(37)27-9-5-25(2)6-10-27/h5-24H,4H2,1-3H3. The Morgan fingerprint density at radius 1 is 0.590 bits per heavy atom. The minimum atomic E-state index is -0.00324. The number of anilines is 3. The van der Waals surface area contributed by atoms with Gasteiger partial charge in [0.2, 0.25) is 0 Å². The van der Waals surface area contributed by atoms with E-state index >= 15 is 0 Å². The third-order valence-electron chi connectivity index (χ3n) is 6.69. The number of carbonyl (C=O) groups excluding carboxylic acids is 1. The SMILES string of the molecule is CCc1ccc(N(c2ccc(OC)cc2)c2ccc(Oc3ccc(C(=O)c4ccc(C)cc4)cc3)cc2)cc1. The lowest BCUT2D eigenvalue weighted by Crippen LogP contribution is -2.09. The molecule has 0 aromatic heterocycles. The maximum atomic E-state index is 12.8. The van der Waals surface area contributed by atoms with E-state index in [1.165, 1.54) is 5.56 Å². The molecule has 0 radical (unpaired) electrons. The van der Waals surface area contributed by atoms with Crippen molar-refractivity contribution in [1.29, 1.82) is 0 Å². The van der Waals surface area contributed by atoms with E-state index in [9.17, 15) is 4.79 Å². The van der Waals surface area contributed by atoms with Crippen LogP contribution in [0.3, 0.4) is 0 Å². The number of benzene rings is 5. The van der Waals surface area contributed by atoms with E-state index in [-0.39, 0.29) is 5.78 Å². The second-order valence-electron chi connectivity index (χ2n) is 9.37. The largest absolute Gasteiger partial charge is 0.497 e. The number of ketones is 1. The van der Waals surface area contributed by atoms with E-state index in [0.29, 0.717) is 22.6 Å². The molecule has 5 aromatic rings. The Labute approximate surface area is 230 Å². The highest BCUT2D eigenvalue weighted by Gasteiger charge is 2.14. The molecule has 0 atom stereocenters. The van der Waals surface area contributed by atoms with Crippen molar-refractivity contribution in [2.45, 2.75) is 20.3 Å². The van der Waals surface area contributed by atoms with Gasteiger partial charge in [-0.05, 0) is 104 Å². The molecule has 0 aliphatic heterocycles. The summed E-state index contributed by atoms with van der Waals surface area (Å²) in [5, 5.41) is 0. The third kappa shape index (κ3) is 6.02. The first-order chi connectivity index (χ1) is 19.0. The number of hydrogen-bond donors (Lipinski definition) is 0. The van der Waals surface area contributed by atoms with Crippen molar-refractivity contribution < 1.29 is 14.3 Å². The van der Waals surface area contributed by atoms with E-state index in [1.54, 1.807) is 19.2 Å². The monoisotopic (exact) mass is 513 g/mol. The van der Waals surface area contributed by atoms with E-state index in [2.05, 4.69) is 48.2 Å². The number of carbonyl (C=O) groups is 1. The van der Waals surface area contributed by atoms with Gasteiger partial charge in [-0.15, -0.1) is 0 Å². The average Bonchev–Trinajstić information content (AvgIpc) is 2.99. The van der Waals surface area contributed by atoms with Crippen LogP contribution in [0.2, 0.25) is 0 Å². The molecule has 0 saturated heterocycles. The van der Waals surface area contributed by atoms with Crippen LogP contribution in [-0.2, 0) is 6.42 Å². The number of methoxy groups -OCH3 is 1. The highest BCUT2D eigenvalue weighted by atomic mass is 16.5. The molecule has 4 nitrogen and oxygen atoms in total. The van der Waals surface area contributed by atoms with Gasteiger partial charge >= 0.3 is 0 Å². The quantitative estimate of drug-likeness (QED) is 0.184. The van der Waals surface area contributed by atoms with Crippen molar-refractivity contribution in [1.82, 2.24) is 0 Å². The molecule has 0 unspecified atom stereocenters. The number of ether oxygens (including phenoxy) is 2. The predicted molar refractivity (Wildman–Crippen MR) is 158 cm³/mol. The van der Waals surface area contributed by atoms with Gasteiger partial charge in [-0.2, -0.15) is 0 Å². The molecule has 0 saturated carbocycles. The molecule has 0 aliphatic carbocycles. The summed E-state index contributed by atoms with van der Waals surface area (Å²) in [5.74, 6) is 2.20. The van der Waals surface area contributed by atoms with Crippen molar-refractivity contribution in [2.75, 3.05) is 12.0 Å². The summed E-state index contributed by atoms with van der Waals surface area (Å²) in [6, 6.07) is 39.5. The molecular formula is C35H31NO3. The Morgan fingerprint density at radius 3 is 1.46 bits per heavy atom. The molecular weight excluding hydrogens is 482 g/mol. The molecule has 0 bridgehead atoms. The van der Waals surface area contributed by atoms with E-state index < -0.39 is 0 Å². The molecule has 0 fully saturated rings. The van der Waals surface area contributed by atoms with Crippen molar-refractivity contribution in [3.63, 3.8) is 0 Å². The molecule has 0 N–H and O–H groups in total. The summed E-state index contributed by atoms with van der Waals surface area (Å²) in [7, 11) is 1.67. The van der Waals surface area contributed by atoms with Crippen LogP contribution in [0.15, 0.2) is 121 Å². The molecule has 39 heavy (non-hydrogen) atoms. The first-order valence-corrected chi connectivity index (χ1v) is 13.1. The van der Waals surface area contributed by atoms with E-state index in [1.807, 2.05) is 79.7 Å². The summed E-state index contributed by atoms with van der Waals surface area (Å²) in [5.41, 5.74) is 6.84. The van der Waals surface area contributed by atoms with Crippen molar-refractivity contribution >= 4 is 22.8 Å². The number of rotatable bonds is 9. The van der Waals surface area contributed by atoms with Crippen LogP contribution in [0.25, 0.3) is 0 Å². The van der Waals surface area contributed by atoms with Crippen molar-refractivity contribution in [3.05, 3.63) is 144 Å². The average molecular weight is 514 g/mol. The van der Waals surface area contributed by atoms with Gasteiger partial charge in [0.25, 0.3) is 0 Å². The molecule has 5 aromatic carbocycles. The number of nitrogens with zero attached hydrogens (tertiary/aromatic N) is 1. The Balaban J connectivity index is 1.35. The van der Waals surface area contributed by atoms with Gasteiger partial charge in [-0.1, -0.05) is 48.9 Å². The Hall–Kier alpha value is -4.83. The van der Waals surface area contributed by atoms with Gasteiger partial charge in [-0.25, -0.2) is 0 Å². The zero-order valence-electron chi connectivity index (χ0n) is 22.4. The van der Waals surface area contributed by atoms with Crippen LogP contribution >= 0.6 is 0 Å². The van der Waals surface area contributed by atoms with Crippen LogP contribution in [0.4, 0.5) is 17.1 Å². The van der Waals surface area contributed by atoms with Crippen LogP contribution < -0.4 is 14.4 Å². The third-order valence-corrected chi connectivity index (χ3v) is 6.69. The second-order valence-corrected chi connectivity index (χ2v) is 9.37. The normalized spacial score (nSPS) is 10.6. The Bertz CT molecular complexity index is 1470. The predicted octanol–water partition coefficient (Wildman–Crippen LogP) is 9.06. The van der Waals surface area contributed by atoms with Gasteiger partial charge in [0.05, 0.1) is 7.11 Å². The molecule has 0 heterocycles. The molecule has 5 rings (SSSR count). The van der Waals surface area contributed by atoms with Gasteiger partial charge in [0, 0.05) is 28.2 Å². The van der Waals surface area contributed by atoms with E-state index in [4.69, 9.17) is 9.47 Å². The molecule has 4 heteroatoms. The van der Waals surface area contributed by atoms with Crippen LogP contribution in [0.5, 0.6) is 17.2 Å². The maximum Gasteiger partial charge on any atom is 0.193 e. The maximum absolute atomic E-state index is 12.8. The minimum Gasteiger partial charge on any atom is -0.497 e. The van der Waals surface area contributed by atoms with Gasteiger partial charge < -0.3 is 14.4 Å². The zero-order chi connectivity index (χ0) is 27.2. The fourth-order valence-corrected chi connectivity index (χ4v) is 4.40. The Morgan fingerprint density at radius 2 is 1.00 bits per heavy atom. The molecule has 194 valence electrons. The fraction of sp³-hybridized carbons (Fsp3) is 0.114. The van der Waals surface area contributed by atoms with Crippen LogP contribution in [0.1, 0.15) is 34.0 Å². The number of aryl methyl sites for hydroxylation is 2. The Kier molecular flexibility index (Phi) is 7.74. The first-order valence-electron chi connectivity index (χ1n) is 13.1. The summed E-state index contributed by atoms with van der Waals surface area (Å²) in [6.07, 6.45) is 0.996. The van der Waals surface area contributed by atoms with Crippen molar-refractivity contribution in [2.24, 2.45) is 0 Å². The number of hydrogen-bond acceptors (Lipinski definition) is 4. The zero-order valence-corrected chi connectivity index (χ0v) is 22.4. The summed E-state index contributed by atoms with van der Waals surface area (Å²) in [6.45, 7) is 4.16. The lowest BCUT2D eigenvalue weighted by atomic mass is 10.0. The van der Waals surface area contributed by atoms with Gasteiger partial charge in [0.1, 0.15) is 17.2 Å². The fourth-order valence-electron chi connectivity index (χ4n) is 4.40.